The number of amidine groups is 1. The van der Waals surface area contributed by atoms with E-state index in [1.807, 2.05) is 24.3 Å². The Morgan fingerprint density at radius 1 is 1.50 bits per heavy atom. The molecule has 1 heterocycles. The molecule has 2 rings (SSSR count). The standard InChI is InChI=1S/C9H9N3O2/c10-8(12-13)5-9-11-6-3-1-2-4-7(6)14-9/h1-4,13H,5H2,(H2,10,12). The van der Waals surface area contributed by atoms with Crippen molar-refractivity contribution in [2.45, 2.75) is 6.42 Å². The first-order valence-corrected chi connectivity index (χ1v) is 4.10. The molecule has 1 aromatic heterocycles. The van der Waals surface area contributed by atoms with E-state index in [0.29, 0.717) is 11.5 Å². The van der Waals surface area contributed by atoms with Crippen molar-refractivity contribution < 1.29 is 9.62 Å². The molecule has 0 radical (unpaired) electrons. The summed E-state index contributed by atoms with van der Waals surface area (Å²) < 4.78 is 5.36. The highest BCUT2D eigenvalue weighted by Gasteiger charge is 2.06. The van der Waals surface area contributed by atoms with Crippen molar-refractivity contribution >= 4 is 16.9 Å². The topological polar surface area (TPSA) is 84.6 Å². The van der Waals surface area contributed by atoms with Crippen LogP contribution in [0.15, 0.2) is 33.8 Å². The monoisotopic (exact) mass is 191 g/mol. The number of rotatable bonds is 2. The number of hydrogen-bond acceptors (Lipinski definition) is 4. The number of hydrogen-bond donors (Lipinski definition) is 2. The average Bonchev–Trinajstić information content (AvgIpc) is 2.59. The highest BCUT2D eigenvalue weighted by atomic mass is 16.4. The van der Waals surface area contributed by atoms with Gasteiger partial charge >= 0.3 is 0 Å². The maximum absolute atomic E-state index is 8.36. The molecule has 14 heavy (non-hydrogen) atoms. The second-order valence-corrected chi connectivity index (χ2v) is 2.84. The summed E-state index contributed by atoms with van der Waals surface area (Å²) in [5, 5.41) is 11.2. The van der Waals surface area contributed by atoms with Crippen LogP contribution in [0.5, 0.6) is 0 Å². The molecule has 0 bridgehead atoms. The zero-order valence-corrected chi connectivity index (χ0v) is 7.34. The minimum atomic E-state index is 0.0801. The number of benzene rings is 1. The molecule has 0 amide bonds. The van der Waals surface area contributed by atoms with Crippen molar-refractivity contribution in [1.82, 2.24) is 4.98 Å². The van der Waals surface area contributed by atoms with Gasteiger partial charge in [0, 0.05) is 0 Å². The average molecular weight is 191 g/mol. The third kappa shape index (κ3) is 1.52. The highest BCUT2D eigenvalue weighted by Crippen LogP contribution is 2.14. The lowest BCUT2D eigenvalue weighted by molar-refractivity contribution is 0.316. The van der Waals surface area contributed by atoms with E-state index in [9.17, 15) is 0 Å². The zero-order valence-electron chi connectivity index (χ0n) is 7.34. The zero-order chi connectivity index (χ0) is 9.97. The summed E-state index contributed by atoms with van der Waals surface area (Å²) >= 11 is 0. The van der Waals surface area contributed by atoms with Crippen LogP contribution in [0, 0.1) is 0 Å². The molecule has 72 valence electrons. The molecule has 5 heteroatoms. The summed E-state index contributed by atoms with van der Waals surface area (Å²) in [6, 6.07) is 7.39. The molecule has 2 aromatic rings. The van der Waals surface area contributed by atoms with Crippen LogP contribution in [-0.4, -0.2) is 16.0 Å². The molecule has 0 saturated heterocycles. The Morgan fingerprint density at radius 2 is 2.29 bits per heavy atom. The number of nitrogens with two attached hydrogens (primary N) is 1. The normalized spacial score (nSPS) is 12.1. The molecule has 0 atom stereocenters. The fourth-order valence-electron chi connectivity index (χ4n) is 1.19. The molecule has 0 aliphatic rings. The molecule has 0 saturated carbocycles. The van der Waals surface area contributed by atoms with Crippen molar-refractivity contribution in [3.05, 3.63) is 30.2 Å². The second-order valence-electron chi connectivity index (χ2n) is 2.84. The maximum atomic E-state index is 8.36. The molecule has 3 N–H and O–H groups in total. The molecular weight excluding hydrogens is 182 g/mol. The van der Waals surface area contributed by atoms with Gasteiger partial charge in [0.2, 0.25) is 5.89 Å². The Bertz CT molecular complexity index is 443. The van der Waals surface area contributed by atoms with Gasteiger partial charge in [-0.25, -0.2) is 4.98 Å². The van der Waals surface area contributed by atoms with E-state index >= 15 is 0 Å². The number of oxime groups is 1. The maximum Gasteiger partial charge on any atom is 0.203 e. The van der Waals surface area contributed by atoms with Gasteiger partial charge in [-0.05, 0) is 12.1 Å². The van der Waals surface area contributed by atoms with Crippen LogP contribution >= 0.6 is 0 Å². The third-order valence-corrected chi connectivity index (χ3v) is 1.80. The van der Waals surface area contributed by atoms with Crippen LogP contribution in [0.4, 0.5) is 0 Å². The highest BCUT2D eigenvalue weighted by molar-refractivity contribution is 5.82. The molecule has 0 aliphatic heterocycles. The fourth-order valence-corrected chi connectivity index (χ4v) is 1.19. The summed E-state index contributed by atoms with van der Waals surface area (Å²) in [5.41, 5.74) is 6.80. The molecule has 0 spiro atoms. The summed E-state index contributed by atoms with van der Waals surface area (Å²) in [5.74, 6) is 0.526. The van der Waals surface area contributed by atoms with Gasteiger partial charge in [0.25, 0.3) is 0 Å². The molecule has 0 aliphatic carbocycles. The van der Waals surface area contributed by atoms with Gasteiger partial charge in [0.15, 0.2) is 5.58 Å². The summed E-state index contributed by atoms with van der Waals surface area (Å²) in [6.07, 6.45) is 0.213. The molecular formula is C9H9N3O2. The van der Waals surface area contributed by atoms with Crippen LogP contribution in [0.3, 0.4) is 0 Å². The van der Waals surface area contributed by atoms with Gasteiger partial charge in [0.05, 0.1) is 6.42 Å². The predicted octanol–water partition coefficient (Wildman–Crippen LogP) is 1.12. The fraction of sp³-hybridized carbons (Fsp3) is 0.111. The van der Waals surface area contributed by atoms with Gasteiger partial charge in [-0.3, -0.25) is 0 Å². The quantitative estimate of drug-likeness (QED) is 0.322. The number of aromatic nitrogens is 1. The smallest absolute Gasteiger partial charge is 0.203 e. The molecule has 0 unspecified atom stereocenters. The van der Waals surface area contributed by atoms with E-state index in [1.165, 1.54) is 0 Å². The lowest BCUT2D eigenvalue weighted by Crippen LogP contribution is -2.14. The third-order valence-electron chi connectivity index (χ3n) is 1.80. The van der Waals surface area contributed by atoms with Crippen molar-refractivity contribution in [3.63, 3.8) is 0 Å². The lowest BCUT2D eigenvalue weighted by atomic mass is 10.3. The van der Waals surface area contributed by atoms with Crippen LogP contribution in [0.2, 0.25) is 0 Å². The minimum absolute atomic E-state index is 0.0801. The summed E-state index contributed by atoms with van der Waals surface area (Å²) in [4.78, 5) is 4.16. The van der Waals surface area contributed by atoms with Crippen LogP contribution in [-0.2, 0) is 6.42 Å². The Balaban J connectivity index is 2.36. The molecule has 5 nitrogen and oxygen atoms in total. The summed E-state index contributed by atoms with van der Waals surface area (Å²) in [7, 11) is 0. The predicted molar refractivity (Wildman–Crippen MR) is 51.1 cm³/mol. The second kappa shape index (κ2) is 3.37. The van der Waals surface area contributed by atoms with E-state index in [2.05, 4.69) is 10.1 Å². The van der Waals surface area contributed by atoms with Gasteiger partial charge in [-0.1, -0.05) is 17.3 Å². The van der Waals surface area contributed by atoms with Gasteiger partial charge < -0.3 is 15.4 Å². The van der Waals surface area contributed by atoms with E-state index in [-0.39, 0.29) is 12.3 Å². The minimum Gasteiger partial charge on any atom is -0.440 e. The van der Waals surface area contributed by atoms with Crippen molar-refractivity contribution in [3.8, 4) is 0 Å². The van der Waals surface area contributed by atoms with E-state index in [4.69, 9.17) is 15.4 Å². The van der Waals surface area contributed by atoms with Crippen molar-refractivity contribution in [2.75, 3.05) is 0 Å². The first-order chi connectivity index (χ1) is 6.79. The number of nitrogens with zero attached hydrogens (tertiary/aromatic N) is 2. The van der Waals surface area contributed by atoms with E-state index < -0.39 is 0 Å². The first kappa shape index (κ1) is 8.55. The first-order valence-electron chi connectivity index (χ1n) is 4.10. The molecule has 1 aromatic carbocycles. The SMILES string of the molecule is N/C(Cc1nc2ccccc2o1)=N\O. The largest absolute Gasteiger partial charge is 0.440 e. The van der Waals surface area contributed by atoms with Crippen LogP contribution < -0.4 is 5.73 Å². The van der Waals surface area contributed by atoms with Crippen molar-refractivity contribution in [2.24, 2.45) is 10.9 Å². The Morgan fingerprint density at radius 3 is 3.00 bits per heavy atom. The van der Waals surface area contributed by atoms with E-state index in [1.54, 1.807) is 0 Å². The van der Waals surface area contributed by atoms with Gasteiger partial charge in [-0.15, -0.1) is 0 Å². The Kier molecular flexibility index (Phi) is 2.06. The Hall–Kier alpha value is -2.04. The van der Waals surface area contributed by atoms with Crippen LogP contribution in [0.1, 0.15) is 5.89 Å². The molecule has 0 fully saturated rings. The van der Waals surface area contributed by atoms with Gasteiger partial charge in [-0.2, -0.15) is 0 Å². The number of para-hydroxylation sites is 2. The van der Waals surface area contributed by atoms with Crippen LogP contribution in [0.25, 0.3) is 11.1 Å². The summed E-state index contributed by atoms with van der Waals surface area (Å²) in [6.45, 7) is 0. The number of oxazole rings is 1. The number of fused-ring (bicyclic) bond motifs is 1. The Labute approximate surface area is 79.8 Å². The lowest BCUT2D eigenvalue weighted by Gasteiger charge is -1.90. The van der Waals surface area contributed by atoms with Crippen molar-refractivity contribution in [1.29, 1.82) is 0 Å². The van der Waals surface area contributed by atoms with E-state index in [0.717, 1.165) is 5.52 Å². The van der Waals surface area contributed by atoms with Gasteiger partial charge in [0.1, 0.15) is 11.4 Å².